The van der Waals surface area contributed by atoms with E-state index in [1.54, 1.807) is 0 Å². The lowest BCUT2D eigenvalue weighted by Crippen LogP contribution is -2.46. The number of amides is 1. The number of benzene rings is 1. The number of nitrogens with two attached hydrogens (primary N) is 1. The minimum absolute atomic E-state index is 0. The smallest absolute Gasteiger partial charge is 0.227 e. The predicted molar refractivity (Wildman–Crippen MR) is 98.4 cm³/mol. The number of para-hydroxylation sites is 1. The zero-order chi connectivity index (χ0) is 16.6. The fourth-order valence-corrected chi connectivity index (χ4v) is 2.55. The largest absolute Gasteiger partial charge is 0.491 e. The number of hydrogen-bond acceptors (Lipinski definition) is 3. The molecular formula is C18H31ClN2O2. The van der Waals surface area contributed by atoms with E-state index in [1.807, 2.05) is 32.0 Å². The average molecular weight is 343 g/mol. The molecule has 0 saturated carbocycles. The third-order valence-corrected chi connectivity index (χ3v) is 4.41. The maximum Gasteiger partial charge on any atom is 0.227 e. The molecule has 0 aromatic heterocycles. The van der Waals surface area contributed by atoms with Gasteiger partial charge in [0.25, 0.3) is 0 Å². The van der Waals surface area contributed by atoms with Crippen LogP contribution >= 0.6 is 12.4 Å². The molecule has 4 nitrogen and oxygen atoms in total. The number of hydrogen-bond donors (Lipinski definition) is 2. The molecule has 0 aliphatic carbocycles. The first-order valence-corrected chi connectivity index (χ1v) is 8.20. The van der Waals surface area contributed by atoms with Crippen molar-refractivity contribution in [2.24, 2.45) is 11.1 Å². The third-order valence-electron chi connectivity index (χ3n) is 4.41. The highest BCUT2D eigenvalue weighted by Gasteiger charge is 2.32. The monoisotopic (exact) mass is 342 g/mol. The van der Waals surface area contributed by atoms with Gasteiger partial charge in [0.05, 0.1) is 12.0 Å². The van der Waals surface area contributed by atoms with E-state index in [9.17, 15) is 4.79 Å². The summed E-state index contributed by atoms with van der Waals surface area (Å²) in [5, 5.41) is 2.95. The van der Waals surface area contributed by atoms with Crippen molar-refractivity contribution >= 4 is 18.3 Å². The van der Waals surface area contributed by atoms with Crippen LogP contribution in [0.1, 0.15) is 52.0 Å². The molecule has 23 heavy (non-hydrogen) atoms. The van der Waals surface area contributed by atoms with Crippen LogP contribution in [0, 0.1) is 5.41 Å². The lowest BCUT2D eigenvalue weighted by Gasteiger charge is -2.28. The molecule has 1 rings (SSSR count). The highest BCUT2D eigenvalue weighted by Crippen LogP contribution is 2.26. The van der Waals surface area contributed by atoms with Gasteiger partial charge < -0.3 is 15.8 Å². The fraction of sp³-hybridized carbons (Fsp3) is 0.611. The Hall–Kier alpha value is -1.26. The van der Waals surface area contributed by atoms with E-state index in [-0.39, 0.29) is 18.3 Å². The van der Waals surface area contributed by atoms with E-state index in [4.69, 9.17) is 10.5 Å². The minimum atomic E-state index is -0.449. The summed E-state index contributed by atoms with van der Waals surface area (Å²) in [6, 6.07) is 8.03. The lowest BCUT2D eigenvalue weighted by atomic mass is 9.81. The Morgan fingerprint density at radius 2 is 1.87 bits per heavy atom. The second-order valence-electron chi connectivity index (χ2n) is 5.99. The van der Waals surface area contributed by atoms with Crippen LogP contribution in [0.3, 0.4) is 0 Å². The number of ether oxygens (including phenoxy) is 1. The van der Waals surface area contributed by atoms with Crippen LogP contribution in [-0.4, -0.2) is 25.6 Å². The van der Waals surface area contributed by atoms with E-state index in [0.29, 0.717) is 25.6 Å². The van der Waals surface area contributed by atoms with Gasteiger partial charge in [0.15, 0.2) is 0 Å². The van der Waals surface area contributed by atoms with Crippen molar-refractivity contribution < 1.29 is 9.53 Å². The molecule has 5 heteroatoms. The van der Waals surface area contributed by atoms with Gasteiger partial charge in [-0.1, -0.05) is 45.9 Å². The van der Waals surface area contributed by atoms with Crippen molar-refractivity contribution in [2.75, 3.05) is 19.7 Å². The Bertz CT molecular complexity index is 466. The minimum Gasteiger partial charge on any atom is -0.491 e. The second kappa shape index (κ2) is 10.5. The summed E-state index contributed by atoms with van der Waals surface area (Å²) in [5.41, 5.74) is 6.52. The highest BCUT2D eigenvalue weighted by molar-refractivity contribution is 5.85. The maximum atomic E-state index is 12.3. The number of carbonyl (C=O) groups excluding carboxylic acids is 1. The number of nitrogens with one attached hydrogen (secondary N) is 1. The van der Waals surface area contributed by atoms with E-state index >= 15 is 0 Å². The number of halogens is 1. The van der Waals surface area contributed by atoms with Gasteiger partial charge in [-0.25, -0.2) is 0 Å². The van der Waals surface area contributed by atoms with Gasteiger partial charge in [0.2, 0.25) is 5.91 Å². The van der Waals surface area contributed by atoms with Crippen molar-refractivity contribution in [3.05, 3.63) is 29.8 Å². The first-order valence-electron chi connectivity index (χ1n) is 8.20. The highest BCUT2D eigenvalue weighted by atomic mass is 35.5. The van der Waals surface area contributed by atoms with Crippen LogP contribution in [0.4, 0.5) is 0 Å². The lowest BCUT2D eigenvalue weighted by molar-refractivity contribution is -0.131. The van der Waals surface area contributed by atoms with Crippen LogP contribution in [0.2, 0.25) is 0 Å². The van der Waals surface area contributed by atoms with Crippen LogP contribution in [-0.2, 0) is 4.79 Å². The summed E-state index contributed by atoms with van der Waals surface area (Å²) in [7, 11) is 0. The molecule has 1 aromatic rings. The van der Waals surface area contributed by atoms with Crippen molar-refractivity contribution in [3.8, 4) is 5.75 Å². The molecule has 0 atom stereocenters. The summed E-state index contributed by atoms with van der Waals surface area (Å²) < 4.78 is 5.82. The molecule has 0 heterocycles. The van der Waals surface area contributed by atoms with E-state index in [0.717, 1.165) is 18.6 Å². The van der Waals surface area contributed by atoms with Gasteiger partial charge in [-0.05, 0) is 30.4 Å². The molecule has 0 fully saturated rings. The van der Waals surface area contributed by atoms with Gasteiger partial charge in [-0.15, -0.1) is 12.4 Å². The van der Waals surface area contributed by atoms with Gasteiger partial charge in [0.1, 0.15) is 12.4 Å². The van der Waals surface area contributed by atoms with Crippen LogP contribution in [0.5, 0.6) is 5.75 Å². The Morgan fingerprint density at radius 3 is 2.39 bits per heavy atom. The molecule has 0 unspecified atom stereocenters. The molecule has 0 saturated heterocycles. The van der Waals surface area contributed by atoms with Crippen LogP contribution < -0.4 is 15.8 Å². The molecule has 132 valence electrons. The van der Waals surface area contributed by atoms with Crippen molar-refractivity contribution in [2.45, 2.75) is 46.5 Å². The number of rotatable bonds is 9. The van der Waals surface area contributed by atoms with Gasteiger partial charge in [-0.3, -0.25) is 4.79 Å². The summed E-state index contributed by atoms with van der Waals surface area (Å²) in [6.07, 6.45) is 1.51. The molecular weight excluding hydrogens is 312 g/mol. The molecule has 1 aromatic carbocycles. The van der Waals surface area contributed by atoms with Gasteiger partial charge in [-0.2, -0.15) is 0 Å². The summed E-state index contributed by atoms with van der Waals surface area (Å²) in [5.74, 6) is 1.33. The standard InChI is InChI=1S/C18H30N2O2.ClH/c1-5-18(6-2,13-19)17(21)20-11-12-22-16-10-8-7-9-15(16)14(3)4;/h7-10,14H,5-6,11-13,19H2,1-4H3,(H,20,21);1H. The van der Waals surface area contributed by atoms with Crippen molar-refractivity contribution in [1.29, 1.82) is 0 Å². The van der Waals surface area contributed by atoms with Crippen LogP contribution in [0.15, 0.2) is 24.3 Å². The fourth-order valence-electron chi connectivity index (χ4n) is 2.55. The number of carbonyl (C=O) groups is 1. The SMILES string of the molecule is CCC(CC)(CN)C(=O)NCCOc1ccccc1C(C)C.Cl. The normalized spacial score (nSPS) is 11.0. The van der Waals surface area contributed by atoms with Crippen LogP contribution in [0.25, 0.3) is 0 Å². The molecule has 0 aliphatic rings. The van der Waals surface area contributed by atoms with E-state index < -0.39 is 5.41 Å². The van der Waals surface area contributed by atoms with E-state index in [2.05, 4.69) is 25.2 Å². The summed E-state index contributed by atoms with van der Waals surface area (Å²) in [4.78, 5) is 12.3. The first kappa shape index (κ1) is 21.7. The Morgan fingerprint density at radius 1 is 1.26 bits per heavy atom. The van der Waals surface area contributed by atoms with E-state index in [1.165, 1.54) is 5.56 Å². The average Bonchev–Trinajstić information content (AvgIpc) is 2.54. The Kier molecular flexibility index (Phi) is 9.93. The first-order chi connectivity index (χ1) is 10.5. The van der Waals surface area contributed by atoms with Crippen molar-refractivity contribution in [3.63, 3.8) is 0 Å². The molecule has 3 N–H and O–H groups in total. The Labute approximate surface area is 146 Å². The quantitative estimate of drug-likeness (QED) is 0.675. The zero-order valence-electron chi connectivity index (χ0n) is 14.7. The molecule has 0 spiro atoms. The van der Waals surface area contributed by atoms with Gasteiger partial charge in [0, 0.05) is 6.54 Å². The predicted octanol–water partition coefficient (Wildman–Crippen LogP) is 3.49. The molecule has 1 amide bonds. The second-order valence-corrected chi connectivity index (χ2v) is 5.99. The summed E-state index contributed by atoms with van der Waals surface area (Å²) >= 11 is 0. The molecule has 0 bridgehead atoms. The zero-order valence-corrected chi connectivity index (χ0v) is 15.5. The third kappa shape index (κ3) is 5.70. The Balaban J connectivity index is 0.00000484. The maximum absolute atomic E-state index is 12.3. The topological polar surface area (TPSA) is 64.4 Å². The van der Waals surface area contributed by atoms with Gasteiger partial charge >= 0.3 is 0 Å². The molecule has 0 radical (unpaired) electrons. The molecule has 0 aliphatic heterocycles. The summed E-state index contributed by atoms with van der Waals surface area (Å²) in [6.45, 7) is 9.63. The van der Waals surface area contributed by atoms with Crippen molar-refractivity contribution in [1.82, 2.24) is 5.32 Å².